The van der Waals surface area contributed by atoms with E-state index >= 15 is 0 Å². The van der Waals surface area contributed by atoms with Crippen LogP contribution < -0.4 is 10.1 Å². The maximum atomic E-state index is 12.9. The van der Waals surface area contributed by atoms with Crippen molar-refractivity contribution in [2.45, 2.75) is 19.4 Å². The molecule has 1 saturated heterocycles. The number of pyridine rings is 1. The van der Waals surface area contributed by atoms with Crippen molar-refractivity contribution in [2.24, 2.45) is 4.99 Å². The second-order valence-electron chi connectivity index (χ2n) is 5.63. The fourth-order valence-electron chi connectivity index (χ4n) is 2.69. The minimum Gasteiger partial charge on any atom is -0.457 e. The van der Waals surface area contributed by atoms with E-state index in [2.05, 4.69) is 20.2 Å². The molecule has 3 rings (SSSR count). The molecule has 0 radical (unpaired) electrons. The van der Waals surface area contributed by atoms with Gasteiger partial charge >= 0.3 is 0 Å². The average Bonchev–Trinajstić information content (AvgIpc) is 3.12. The molecule has 7 heteroatoms. The topological polar surface area (TPSA) is 49.8 Å². The van der Waals surface area contributed by atoms with Crippen LogP contribution in [0.3, 0.4) is 0 Å². The Labute approximate surface area is 164 Å². The molecule has 0 amide bonds. The third-order valence-corrected chi connectivity index (χ3v) is 3.88. The highest BCUT2D eigenvalue weighted by Gasteiger charge is 2.15. The van der Waals surface area contributed by atoms with Gasteiger partial charge in [-0.15, -0.1) is 24.0 Å². The van der Waals surface area contributed by atoms with Gasteiger partial charge in [0.25, 0.3) is 0 Å². The second-order valence-corrected chi connectivity index (χ2v) is 5.63. The van der Waals surface area contributed by atoms with Crippen molar-refractivity contribution in [3.05, 3.63) is 54.1 Å². The third kappa shape index (κ3) is 5.55. The Morgan fingerprint density at radius 3 is 2.60 bits per heavy atom. The monoisotopic (exact) mass is 456 g/mol. The molecule has 1 aliphatic rings. The van der Waals surface area contributed by atoms with Crippen LogP contribution in [0.15, 0.2) is 47.6 Å². The lowest BCUT2D eigenvalue weighted by Gasteiger charge is -2.20. The van der Waals surface area contributed by atoms with Crippen LogP contribution >= 0.6 is 24.0 Å². The molecule has 2 aromatic rings. The molecule has 1 N–H and O–H groups in total. The highest BCUT2D eigenvalue weighted by molar-refractivity contribution is 14.0. The van der Waals surface area contributed by atoms with Crippen LogP contribution in [-0.4, -0.2) is 36.0 Å². The molecule has 1 aromatic heterocycles. The van der Waals surface area contributed by atoms with Crippen molar-refractivity contribution < 1.29 is 9.13 Å². The molecule has 2 heterocycles. The number of halogens is 2. The predicted octanol–water partition coefficient (Wildman–Crippen LogP) is 3.80. The first kappa shape index (κ1) is 19.4. The molecule has 0 aliphatic carbocycles. The summed E-state index contributed by atoms with van der Waals surface area (Å²) in [7, 11) is 1.79. The van der Waals surface area contributed by atoms with E-state index in [4.69, 9.17) is 4.74 Å². The summed E-state index contributed by atoms with van der Waals surface area (Å²) in [5.41, 5.74) is 0.856. The van der Waals surface area contributed by atoms with Gasteiger partial charge in [0.1, 0.15) is 17.3 Å². The quantitative estimate of drug-likeness (QED) is 0.432. The zero-order chi connectivity index (χ0) is 16.8. The van der Waals surface area contributed by atoms with Crippen LogP contribution in [0.2, 0.25) is 0 Å². The van der Waals surface area contributed by atoms with Crippen molar-refractivity contribution in [1.29, 1.82) is 0 Å². The maximum Gasteiger partial charge on any atom is 0.193 e. The first-order valence-corrected chi connectivity index (χ1v) is 8.08. The number of ether oxygens (including phenoxy) is 1. The number of aromatic nitrogens is 1. The number of benzene rings is 1. The summed E-state index contributed by atoms with van der Waals surface area (Å²) in [5.74, 6) is 1.88. The number of nitrogens with zero attached hydrogens (tertiary/aromatic N) is 3. The van der Waals surface area contributed by atoms with Crippen LogP contribution in [0.25, 0.3) is 0 Å². The lowest BCUT2D eigenvalue weighted by atomic mass is 10.3. The Balaban J connectivity index is 0.00000225. The molecule has 1 aliphatic heterocycles. The summed E-state index contributed by atoms with van der Waals surface area (Å²) < 4.78 is 18.7. The molecular formula is C18H22FIN4O. The first-order valence-electron chi connectivity index (χ1n) is 8.08. The molecule has 25 heavy (non-hydrogen) atoms. The molecule has 0 atom stereocenters. The van der Waals surface area contributed by atoms with Gasteiger partial charge in [0.05, 0.1) is 12.2 Å². The summed E-state index contributed by atoms with van der Waals surface area (Å²) in [6.45, 7) is 2.66. The number of nitrogens with one attached hydrogen (secondary N) is 1. The zero-order valence-corrected chi connectivity index (χ0v) is 16.4. The third-order valence-electron chi connectivity index (χ3n) is 3.88. The van der Waals surface area contributed by atoms with Crippen molar-refractivity contribution in [1.82, 2.24) is 15.2 Å². The van der Waals surface area contributed by atoms with E-state index in [0.717, 1.165) is 24.7 Å². The molecule has 134 valence electrons. The van der Waals surface area contributed by atoms with E-state index in [9.17, 15) is 4.39 Å². The molecule has 1 aromatic carbocycles. The smallest absolute Gasteiger partial charge is 0.193 e. The Hall–Kier alpha value is -1.90. The molecule has 0 saturated carbocycles. The van der Waals surface area contributed by atoms with Crippen molar-refractivity contribution in [3.63, 3.8) is 0 Å². The summed E-state index contributed by atoms with van der Waals surface area (Å²) in [5, 5.41) is 3.33. The Morgan fingerprint density at radius 2 is 1.92 bits per heavy atom. The summed E-state index contributed by atoms with van der Waals surface area (Å²) in [6, 6.07) is 9.60. The summed E-state index contributed by atoms with van der Waals surface area (Å²) in [6.07, 6.45) is 4.12. The normalized spacial score (nSPS) is 14.2. The van der Waals surface area contributed by atoms with Crippen LogP contribution in [0.5, 0.6) is 11.5 Å². The highest BCUT2D eigenvalue weighted by atomic mass is 127. The largest absolute Gasteiger partial charge is 0.457 e. The van der Waals surface area contributed by atoms with Gasteiger partial charge in [-0.1, -0.05) is 0 Å². The predicted molar refractivity (Wildman–Crippen MR) is 107 cm³/mol. The minimum absolute atomic E-state index is 0. The lowest BCUT2D eigenvalue weighted by molar-refractivity contribution is 0.477. The van der Waals surface area contributed by atoms with Crippen LogP contribution in [0, 0.1) is 5.82 Å². The zero-order valence-electron chi connectivity index (χ0n) is 14.1. The fraction of sp³-hybridized carbons (Fsp3) is 0.333. The number of hydrogen-bond acceptors (Lipinski definition) is 3. The number of aliphatic imine (C=N–C) groups is 1. The fourth-order valence-corrected chi connectivity index (χ4v) is 2.69. The van der Waals surface area contributed by atoms with E-state index in [0.29, 0.717) is 18.0 Å². The molecule has 0 bridgehead atoms. The van der Waals surface area contributed by atoms with E-state index < -0.39 is 0 Å². The number of hydrogen-bond donors (Lipinski definition) is 1. The number of likely N-dealkylation sites (tertiary alicyclic amines) is 1. The van der Waals surface area contributed by atoms with E-state index in [-0.39, 0.29) is 29.8 Å². The lowest BCUT2D eigenvalue weighted by Crippen LogP contribution is -2.39. The van der Waals surface area contributed by atoms with Crippen LogP contribution in [-0.2, 0) is 6.54 Å². The van der Waals surface area contributed by atoms with Crippen molar-refractivity contribution >= 4 is 29.9 Å². The van der Waals surface area contributed by atoms with Crippen LogP contribution in [0.1, 0.15) is 18.5 Å². The maximum absolute atomic E-state index is 12.9. The standard InChI is InChI=1S/C18H21FN4O.HI/c1-20-18(23-10-2-3-11-23)22-13-15-12-17(8-9-21-15)24-16-6-4-14(19)5-7-16;/h4-9,12H,2-3,10-11,13H2,1H3,(H,20,22);1H. The number of guanidine groups is 1. The minimum atomic E-state index is -0.282. The Morgan fingerprint density at radius 1 is 1.20 bits per heavy atom. The van der Waals surface area contributed by atoms with Gasteiger partial charge in [-0.25, -0.2) is 4.39 Å². The Kier molecular flexibility index (Phi) is 7.42. The molecular weight excluding hydrogens is 434 g/mol. The van der Waals surface area contributed by atoms with E-state index in [1.54, 1.807) is 31.4 Å². The van der Waals surface area contributed by atoms with Gasteiger partial charge in [-0.2, -0.15) is 0 Å². The van der Waals surface area contributed by atoms with Gasteiger partial charge in [0, 0.05) is 32.4 Å². The molecule has 1 fully saturated rings. The van der Waals surface area contributed by atoms with Gasteiger partial charge in [-0.05, 0) is 43.2 Å². The SMILES string of the molecule is CN=C(NCc1cc(Oc2ccc(F)cc2)ccn1)N1CCCC1.I. The van der Waals surface area contributed by atoms with Gasteiger partial charge in [-0.3, -0.25) is 9.98 Å². The summed E-state index contributed by atoms with van der Waals surface area (Å²) >= 11 is 0. The second kappa shape index (κ2) is 9.55. The van der Waals surface area contributed by atoms with E-state index in [1.807, 2.05) is 6.07 Å². The van der Waals surface area contributed by atoms with Crippen molar-refractivity contribution in [2.75, 3.05) is 20.1 Å². The molecule has 5 nitrogen and oxygen atoms in total. The van der Waals surface area contributed by atoms with Gasteiger partial charge < -0.3 is 15.0 Å². The number of rotatable bonds is 4. The van der Waals surface area contributed by atoms with Crippen molar-refractivity contribution in [3.8, 4) is 11.5 Å². The first-order chi connectivity index (χ1) is 11.7. The molecule has 0 spiro atoms. The van der Waals surface area contributed by atoms with E-state index in [1.165, 1.54) is 25.0 Å². The van der Waals surface area contributed by atoms with Crippen LogP contribution in [0.4, 0.5) is 4.39 Å². The Bertz CT molecular complexity index is 702. The molecule has 0 unspecified atom stereocenters. The van der Waals surface area contributed by atoms with Gasteiger partial charge in [0.15, 0.2) is 5.96 Å². The van der Waals surface area contributed by atoms with Gasteiger partial charge in [0.2, 0.25) is 0 Å². The highest BCUT2D eigenvalue weighted by Crippen LogP contribution is 2.21. The summed E-state index contributed by atoms with van der Waals surface area (Å²) in [4.78, 5) is 10.9. The average molecular weight is 456 g/mol.